The number of hydrazine groups is 1. The molecule has 0 spiro atoms. The number of nitrogens with two attached hydrogens (primary N) is 1. The Kier molecular flexibility index (Phi) is 6.43. The van der Waals surface area contributed by atoms with Crippen molar-refractivity contribution in [3.05, 3.63) is 42.0 Å². The van der Waals surface area contributed by atoms with Crippen molar-refractivity contribution in [1.82, 2.24) is 15.4 Å². The van der Waals surface area contributed by atoms with Gasteiger partial charge in [-0.2, -0.15) is 0 Å². The van der Waals surface area contributed by atoms with Crippen LogP contribution in [0, 0.1) is 11.7 Å². The minimum atomic E-state index is -0.468. The third kappa shape index (κ3) is 4.89. The smallest absolute Gasteiger partial charge is 0.310 e. The number of nitrogen functional groups attached to an aromatic ring is 1. The van der Waals surface area contributed by atoms with E-state index in [9.17, 15) is 14.0 Å². The highest BCUT2D eigenvalue weighted by Gasteiger charge is 2.29. The van der Waals surface area contributed by atoms with Crippen molar-refractivity contribution in [3.8, 4) is 0 Å². The number of carbonyl (C=O) groups is 2. The third-order valence-corrected chi connectivity index (χ3v) is 4.60. The van der Waals surface area contributed by atoms with Crippen molar-refractivity contribution in [2.45, 2.75) is 19.8 Å². The zero-order valence-corrected chi connectivity index (χ0v) is 16.0. The molecule has 154 valence electrons. The summed E-state index contributed by atoms with van der Waals surface area (Å²) in [6, 6.07) is 5.12. The Hall–Kier alpha value is -3.43. The van der Waals surface area contributed by atoms with E-state index < -0.39 is 11.7 Å². The molecule has 2 heterocycles. The van der Waals surface area contributed by atoms with E-state index >= 15 is 0 Å². The Balaban J connectivity index is 1.68. The lowest BCUT2D eigenvalue weighted by Crippen LogP contribution is -2.40. The van der Waals surface area contributed by atoms with Gasteiger partial charge in [-0.25, -0.2) is 14.4 Å². The van der Waals surface area contributed by atoms with E-state index in [1.807, 2.05) is 4.90 Å². The quantitative estimate of drug-likeness (QED) is 0.493. The lowest BCUT2D eigenvalue weighted by Gasteiger charge is -2.33. The number of benzene rings is 1. The molecule has 0 radical (unpaired) electrons. The molecule has 1 saturated heterocycles. The van der Waals surface area contributed by atoms with Crippen LogP contribution in [0.25, 0.3) is 0 Å². The molecule has 1 aliphatic rings. The fraction of sp³-hybridized carbons (Fsp3) is 0.368. The third-order valence-electron chi connectivity index (χ3n) is 4.60. The van der Waals surface area contributed by atoms with E-state index in [1.54, 1.807) is 6.92 Å². The summed E-state index contributed by atoms with van der Waals surface area (Å²) in [6.45, 7) is 3.26. The monoisotopic (exact) mass is 402 g/mol. The number of hydrogen-bond donors (Lipinski definition) is 3. The number of esters is 1. The lowest BCUT2D eigenvalue weighted by molar-refractivity contribution is -0.148. The summed E-state index contributed by atoms with van der Waals surface area (Å²) < 4.78 is 18.1. The van der Waals surface area contributed by atoms with Crippen LogP contribution in [0.15, 0.2) is 30.6 Å². The number of rotatable bonds is 6. The molecule has 1 atom stereocenters. The minimum absolute atomic E-state index is 0.226. The van der Waals surface area contributed by atoms with Crippen LogP contribution < -0.4 is 21.5 Å². The van der Waals surface area contributed by atoms with Gasteiger partial charge in [0.2, 0.25) is 0 Å². The fourth-order valence-corrected chi connectivity index (χ4v) is 3.15. The van der Waals surface area contributed by atoms with Crippen molar-refractivity contribution in [2.75, 3.05) is 35.8 Å². The predicted molar refractivity (Wildman–Crippen MR) is 106 cm³/mol. The molecule has 9 nitrogen and oxygen atoms in total. The Morgan fingerprint density at radius 2 is 2.07 bits per heavy atom. The summed E-state index contributed by atoms with van der Waals surface area (Å²) in [5.74, 6) is -0.662. The molecular weight excluding hydrogens is 379 g/mol. The van der Waals surface area contributed by atoms with Crippen LogP contribution in [-0.4, -0.2) is 41.5 Å². The maximum absolute atomic E-state index is 13.0. The van der Waals surface area contributed by atoms with Gasteiger partial charge in [0.05, 0.1) is 12.5 Å². The van der Waals surface area contributed by atoms with Gasteiger partial charge in [-0.05, 0) is 44.0 Å². The number of hydrogen-bond acceptors (Lipinski definition) is 8. The summed E-state index contributed by atoms with van der Waals surface area (Å²) >= 11 is 0. The highest BCUT2D eigenvalue weighted by atomic mass is 19.1. The summed E-state index contributed by atoms with van der Waals surface area (Å²) in [4.78, 5) is 34.4. The van der Waals surface area contributed by atoms with Gasteiger partial charge < -0.3 is 15.4 Å². The van der Waals surface area contributed by atoms with Crippen LogP contribution in [0.4, 0.5) is 21.7 Å². The highest BCUT2D eigenvalue weighted by molar-refractivity contribution is 5.95. The van der Waals surface area contributed by atoms with E-state index in [4.69, 9.17) is 10.5 Å². The van der Waals surface area contributed by atoms with Crippen molar-refractivity contribution in [3.63, 3.8) is 0 Å². The molecule has 1 fully saturated rings. The second-order valence-corrected chi connectivity index (χ2v) is 6.58. The first-order valence-electron chi connectivity index (χ1n) is 9.33. The molecule has 0 aliphatic carbocycles. The second-order valence-electron chi connectivity index (χ2n) is 6.58. The SMILES string of the molecule is CCOC(=O)C1CCCN(c2ncnc(NNC(=O)c3ccc(F)cc3)c2N)C1. The van der Waals surface area contributed by atoms with Gasteiger partial charge in [-0.1, -0.05) is 0 Å². The molecule has 10 heteroatoms. The van der Waals surface area contributed by atoms with Gasteiger partial charge in [0, 0.05) is 18.7 Å². The molecule has 1 aromatic carbocycles. The molecule has 0 saturated carbocycles. The number of carbonyl (C=O) groups excluding carboxylic acids is 2. The van der Waals surface area contributed by atoms with Crippen molar-refractivity contribution >= 4 is 29.2 Å². The number of amides is 1. The van der Waals surface area contributed by atoms with E-state index in [-0.39, 0.29) is 29.0 Å². The number of nitrogens with one attached hydrogen (secondary N) is 2. The number of aromatic nitrogens is 2. The van der Waals surface area contributed by atoms with Crippen LogP contribution in [-0.2, 0) is 9.53 Å². The summed E-state index contributed by atoms with van der Waals surface area (Å²) in [6.07, 6.45) is 2.88. The maximum Gasteiger partial charge on any atom is 0.310 e. The zero-order chi connectivity index (χ0) is 20.8. The number of piperidine rings is 1. The zero-order valence-electron chi connectivity index (χ0n) is 16.0. The standard InChI is InChI=1S/C19H23FN6O3/c1-2-29-19(28)13-4-3-9-26(10-13)17-15(21)16(22-11-23-17)24-25-18(27)12-5-7-14(20)8-6-12/h5-8,11,13H,2-4,9-10,21H2,1H3,(H,25,27)(H,22,23,24). The van der Waals surface area contributed by atoms with Crippen molar-refractivity contribution in [1.29, 1.82) is 0 Å². The molecule has 4 N–H and O–H groups in total. The summed E-state index contributed by atoms with van der Waals surface area (Å²) in [5.41, 5.74) is 11.9. The number of ether oxygens (including phenoxy) is 1. The van der Waals surface area contributed by atoms with Gasteiger partial charge in [0.1, 0.15) is 17.8 Å². The van der Waals surface area contributed by atoms with Crippen LogP contribution in [0.2, 0.25) is 0 Å². The van der Waals surface area contributed by atoms with Gasteiger partial charge in [0.25, 0.3) is 5.91 Å². The molecule has 1 amide bonds. The Morgan fingerprint density at radius 1 is 1.31 bits per heavy atom. The molecule has 0 bridgehead atoms. The Bertz CT molecular complexity index is 877. The topological polar surface area (TPSA) is 122 Å². The lowest BCUT2D eigenvalue weighted by atomic mass is 9.98. The molecule has 29 heavy (non-hydrogen) atoms. The first-order valence-corrected chi connectivity index (χ1v) is 9.33. The average Bonchev–Trinajstić information content (AvgIpc) is 2.73. The largest absolute Gasteiger partial charge is 0.466 e. The van der Waals surface area contributed by atoms with Gasteiger partial charge in [0.15, 0.2) is 11.6 Å². The van der Waals surface area contributed by atoms with Crippen LogP contribution in [0.3, 0.4) is 0 Å². The van der Waals surface area contributed by atoms with Gasteiger partial charge in [-0.3, -0.25) is 20.4 Å². The molecule has 3 rings (SSSR count). The summed E-state index contributed by atoms with van der Waals surface area (Å²) in [5, 5.41) is 0. The van der Waals surface area contributed by atoms with E-state index in [0.717, 1.165) is 12.8 Å². The first kappa shape index (κ1) is 20.3. The molecular formula is C19H23FN6O3. The number of nitrogens with zero attached hydrogens (tertiary/aromatic N) is 3. The maximum atomic E-state index is 13.0. The fourth-order valence-electron chi connectivity index (χ4n) is 3.15. The second kappa shape index (κ2) is 9.18. The van der Waals surface area contributed by atoms with Crippen LogP contribution in [0.5, 0.6) is 0 Å². The number of anilines is 3. The Labute approximate surface area is 167 Å². The normalized spacial score (nSPS) is 16.2. The van der Waals surface area contributed by atoms with Gasteiger partial charge >= 0.3 is 5.97 Å². The molecule has 2 aromatic rings. The van der Waals surface area contributed by atoms with Crippen molar-refractivity contribution < 1.29 is 18.7 Å². The van der Waals surface area contributed by atoms with Crippen molar-refractivity contribution in [2.24, 2.45) is 5.92 Å². The highest BCUT2D eigenvalue weighted by Crippen LogP contribution is 2.29. The molecule has 1 aromatic heterocycles. The minimum Gasteiger partial charge on any atom is -0.466 e. The molecule has 1 unspecified atom stereocenters. The van der Waals surface area contributed by atoms with Crippen LogP contribution in [0.1, 0.15) is 30.1 Å². The Morgan fingerprint density at radius 3 is 2.79 bits per heavy atom. The van der Waals surface area contributed by atoms with E-state index in [0.29, 0.717) is 25.5 Å². The van der Waals surface area contributed by atoms with Gasteiger partial charge in [-0.15, -0.1) is 0 Å². The van der Waals surface area contributed by atoms with E-state index in [2.05, 4.69) is 20.8 Å². The first-order chi connectivity index (χ1) is 14.0. The predicted octanol–water partition coefficient (Wildman–Crippen LogP) is 1.73. The average molecular weight is 402 g/mol. The van der Waals surface area contributed by atoms with Crippen LogP contribution >= 0.6 is 0 Å². The number of halogens is 1. The molecule has 1 aliphatic heterocycles. The summed E-state index contributed by atoms with van der Waals surface area (Å²) in [7, 11) is 0. The van der Waals surface area contributed by atoms with E-state index in [1.165, 1.54) is 30.6 Å².